The van der Waals surface area contributed by atoms with Gasteiger partial charge in [0.25, 0.3) is 5.91 Å². The standard InChI is InChI=1S/C29H27N3O6/c1-30-12-14-31(15-13-30)19-8-10-20(11-9-19)32-25(21-7-4-16-37-21)24(27(34)29(32)35)26(33)23-17-18-5-3-6-22(36-2)28(18)38-23/h3-11,16-17,25,34H,12-15H2,1-2H3. The lowest BCUT2D eigenvalue weighted by molar-refractivity contribution is -0.117. The highest BCUT2D eigenvalue weighted by molar-refractivity contribution is 6.20. The van der Waals surface area contributed by atoms with Crippen LogP contribution in [0, 0.1) is 0 Å². The average Bonchev–Trinajstić information content (AvgIpc) is 3.68. The van der Waals surface area contributed by atoms with Gasteiger partial charge < -0.3 is 28.5 Å². The number of rotatable bonds is 6. The van der Waals surface area contributed by atoms with Crippen LogP contribution in [0.15, 0.2) is 87.1 Å². The molecule has 9 heteroatoms. The molecular formula is C29H27N3O6. The Kier molecular flexibility index (Phi) is 5.92. The summed E-state index contributed by atoms with van der Waals surface area (Å²) in [5, 5.41) is 11.7. The molecule has 1 saturated heterocycles. The molecule has 4 aromatic rings. The second kappa shape index (κ2) is 9.42. The molecular weight excluding hydrogens is 486 g/mol. The van der Waals surface area contributed by atoms with Crippen molar-refractivity contribution < 1.29 is 28.3 Å². The van der Waals surface area contributed by atoms with Gasteiger partial charge in [-0.25, -0.2) is 0 Å². The molecule has 1 fully saturated rings. The van der Waals surface area contributed by atoms with Crippen molar-refractivity contribution in [3.8, 4) is 5.75 Å². The number of likely N-dealkylation sites (N-methyl/N-ethyl adjacent to an activating group) is 1. The van der Waals surface area contributed by atoms with Crippen LogP contribution in [0.1, 0.15) is 22.4 Å². The van der Waals surface area contributed by atoms with Crippen molar-refractivity contribution in [1.82, 2.24) is 4.90 Å². The van der Waals surface area contributed by atoms with E-state index in [1.807, 2.05) is 24.3 Å². The van der Waals surface area contributed by atoms with E-state index in [1.54, 1.807) is 36.4 Å². The van der Waals surface area contributed by atoms with Crippen LogP contribution in [0.25, 0.3) is 11.0 Å². The second-order valence-electron chi connectivity index (χ2n) is 9.48. The number of Topliss-reactive ketones (excluding diaryl/α,β-unsaturated/α-hetero) is 1. The highest BCUT2D eigenvalue weighted by Gasteiger charge is 2.46. The summed E-state index contributed by atoms with van der Waals surface area (Å²) in [5.74, 6) is -1.10. The lowest BCUT2D eigenvalue weighted by Gasteiger charge is -2.34. The Labute approximate surface area is 219 Å². The van der Waals surface area contributed by atoms with Gasteiger partial charge in [-0.1, -0.05) is 12.1 Å². The Balaban J connectivity index is 1.37. The summed E-state index contributed by atoms with van der Waals surface area (Å²) in [4.78, 5) is 33.1. The number of furan rings is 2. The number of carbonyl (C=O) groups excluding carboxylic acids is 2. The molecule has 2 aromatic heterocycles. The first-order valence-corrected chi connectivity index (χ1v) is 12.4. The van der Waals surface area contributed by atoms with Crippen molar-refractivity contribution in [3.63, 3.8) is 0 Å². The van der Waals surface area contributed by atoms with E-state index in [0.29, 0.717) is 28.2 Å². The number of aliphatic hydroxyl groups excluding tert-OH is 1. The van der Waals surface area contributed by atoms with Gasteiger partial charge in [-0.3, -0.25) is 14.5 Å². The number of aliphatic hydroxyl groups is 1. The molecule has 6 rings (SSSR count). The lowest BCUT2D eigenvalue weighted by Crippen LogP contribution is -2.44. The second-order valence-corrected chi connectivity index (χ2v) is 9.48. The zero-order chi connectivity index (χ0) is 26.4. The Morgan fingerprint density at radius 2 is 1.74 bits per heavy atom. The first kappa shape index (κ1) is 23.9. The zero-order valence-corrected chi connectivity index (χ0v) is 21.1. The molecule has 9 nitrogen and oxygen atoms in total. The molecule has 1 unspecified atom stereocenters. The third-order valence-electron chi connectivity index (χ3n) is 7.21. The molecule has 2 aromatic carbocycles. The SMILES string of the molecule is COc1cccc2cc(C(=O)C3=C(O)C(=O)N(c4ccc(N5CCN(C)CC5)cc4)C3c3ccco3)oc12. The highest BCUT2D eigenvalue weighted by Crippen LogP contribution is 2.43. The minimum atomic E-state index is -0.963. The number of fused-ring (bicyclic) bond motifs is 1. The van der Waals surface area contributed by atoms with E-state index in [1.165, 1.54) is 18.3 Å². The predicted octanol–water partition coefficient (Wildman–Crippen LogP) is 4.57. The highest BCUT2D eigenvalue weighted by atomic mass is 16.5. The van der Waals surface area contributed by atoms with E-state index < -0.39 is 23.5 Å². The van der Waals surface area contributed by atoms with Crippen molar-refractivity contribution in [1.29, 1.82) is 0 Å². The van der Waals surface area contributed by atoms with Gasteiger partial charge in [0.2, 0.25) is 5.78 Å². The predicted molar refractivity (Wildman–Crippen MR) is 142 cm³/mol. The zero-order valence-electron chi connectivity index (χ0n) is 21.1. The summed E-state index contributed by atoms with van der Waals surface area (Å²) in [6.45, 7) is 3.78. The number of amides is 1. The number of para-hydroxylation sites is 1. The van der Waals surface area contributed by atoms with Crippen molar-refractivity contribution in [2.45, 2.75) is 6.04 Å². The van der Waals surface area contributed by atoms with E-state index in [2.05, 4.69) is 16.8 Å². The van der Waals surface area contributed by atoms with Crippen LogP contribution in [0.5, 0.6) is 5.75 Å². The smallest absolute Gasteiger partial charge is 0.294 e. The third-order valence-corrected chi connectivity index (χ3v) is 7.21. The molecule has 0 bridgehead atoms. The Hall–Kier alpha value is -4.50. The summed E-state index contributed by atoms with van der Waals surface area (Å²) in [6, 6.07) is 16.9. The van der Waals surface area contributed by atoms with Crippen molar-refractivity contribution in [2.24, 2.45) is 0 Å². The maximum absolute atomic E-state index is 13.8. The number of piperazine rings is 1. The maximum Gasteiger partial charge on any atom is 0.294 e. The molecule has 0 aliphatic carbocycles. The number of methoxy groups -OCH3 is 1. The number of ketones is 1. The van der Waals surface area contributed by atoms with E-state index in [4.69, 9.17) is 13.6 Å². The number of hydrogen-bond donors (Lipinski definition) is 1. The Morgan fingerprint density at radius 1 is 1.00 bits per heavy atom. The number of carbonyl (C=O) groups is 2. The molecule has 194 valence electrons. The van der Waals surface area contributed by atoms with Crippen LogP contribution in [0.4, 0.5) is 11.4 Å². The third kappa shape index (κ3) is 3.92. The van der Waals surface area contributed by atoms with Gasteiger partial charge in [-0.2, -0.15) is 0 Å². The molecule has 2 aliphatic heterocycles. The molecule has 4 heterocycles. The minimum Gasteiger partial charge on any atom is -0.503 e. The van der Waals surface area contributed by atoms with Crippen LogP contribution < -0.4 is 14.5 Å². The molecule has 2 aliphatic rings. The molecule has 0 spiro atoms. The fourth-order valence-electron chi connectivity index (χ4n) is 5.15. The van der Waals surface area contributed by atoms with E-state index in [-0.39, 0.29) is 11.3 Å². The normalized spacial score (nSPS) is 18.6. The number of ether oxygens (including phenoxy) is 1. The fraction of sp³-hybridized carbons (Fsp3) is 0.241. The van der Waals surface area contributed by atoms with Gasteiger partial charge in [-0.05, 0) is 55.6 Å². The largest absolute Gasteiger partial charge is 0.503 e. The topological polar surface area (TPSA) is 99.6 Å². The first-order chi connectivity index (χ1) is 18.5. The first-order valence-electron chi connectivity index (χ1n) is 12.4. The fourth-order valence-corrected chi connectivity index (χ4v) is 5.15. The summed E-state index contributed by atoms with van der Waals surface area (Å²) >= 11 is 0. The van der Waals surface area contributed by atoms with Crippen LogP contribution in [-0.4, -0.2) is 62.0 Å². The van der Waals surface area contributed by atoms with Crippen molar-refractivity contribution in [2.75, 3.05) is 50.1 Å². The lowest BCUT2D eigenvalue weighted by atomic mass is 9.99. The van der Waals surface area contributed by atoms with Gasteiger partial charge in [0.05, 0.1) is 18.9 Å². The van der Waals surface area contributed by atoms with E-state index >= 15 is 0 Å². The average molecular weight is 514 g/mol. The number of benzene rings is 2. The molecule has 0 radical (unpaired) electrons. The van der Waals surface area contributed by atoms with Crippen LogP contribution in [-0.2, 0) is 4.79 Å². The monoisotopic (exact) mass is 513 g/mol. The van der Waals surface area contributed by atoms with Crippen LogP contribution >= 0.6 is 0 Å². The Bertz CT molecular complexity index is 1530. The summed E-state index contributed by atoms with van der Waals surface area (Å²) in [6.07, 6.45) is 1.47. The van der Waals surface area contributed by atoms with Gasteiger partial charge in [0.1, 0.15) is 11.8 Å². The van der Waals surface area contributed by atoms with E-state index in [0.717, 1.165) is 31.9 Å². The van der Waals surface area contributed by atoms with Gasteiger partial charge in [-0.15, -0.1) is 0 Å². The maximum atomic E-state index is 13.8. The molecule has 38 heavy (non-hydrogen) atoms. The van der Waals surface area contributed by atoms with Crippen LogP contribution in [0.3, 0.4) is 0 Å². The van der Waals surface area contributed by atoms with Crippen molar-refractivity contribution in [3.05, 3.63) is 89.8 Å². The van der Waals surface area contributed by atoms with E-state index in [9.17, 15) is 14.7 Å². The number of nitrogens with zero attached hydrogens (tertiary/aromatic N) is 3. The van der Waals surface area contributed by atoms with Gasteiger partial charge in [0.15, 0.2) is 22.9 Å². The molecule has 1 amide bonds. The minimum absolute atomic E-state index is 0.0114. The van der Waals surface area contributed by atoms with Gasteiger partial charge >= 0.3 is 0 Å². The molecule has 1 N–H and O–H groups in total. The number of hydrogen-bond acceptors (Lipinski definition) is 8. The quantitative estimate of drug-likeness (QED) is 0.375. The van der Waals surface area contributed by atoms with Crippen molar-refractivity contribution >= 4 is 34.0 Å². The Morgan fingerprint density at radius 3 is 2.42 bits per heavy atom. The molecule has 0 saturated carbocycles. The number of anilines is 2. The molecule has 1 atom stereocenters. The summed E-state index contributed by atoms with van der Waals surface area (Å²) in [7, 11) is 3.62. The summed E-state index contributed by atoms with van der Waals surface area (Å²) in [5.41, 5.74) is 1.89. The van der Waals surface area contributed by atoms with Gasteiger partial charge in [0, 0.05) is 42.9 Å². The van der Waals surface area contributed by atoms with Crippen LogP contribution in [0.2, 0.25) is 0 Å². The summed E-state index contributed by atoms with van der Waals surface area (Å²) < 4.78 is 16.9.